The molecule has 7 rings (SSSR count). The third-order valence-corrected chi connectivity index (χ3v) is 7.70. The Morgan fingerprint density at radius 2 is 1.52 bits per heavy atom. The molecule has 3 heterocycles. The summed E-state index contributed by atoms with van der Waals surface area (Å²) in [6.07, 6.45) is 14.7. The zero-order valence-electron chi connectivity index (χ0n) is 23.1. The Morgan fingerprint density at radius 3 is 2.33 bits per heavy atom. The fraction of sp³-hybridized carbons (Fsp3) is 0.0263. The smallest absolute Gasteiger partial charge is 0.160 e. The van der Waals surface area contributed by atoms with Crippen molar-refractivity contribution in [3.8, 4) is 22.6 Å². The van der Waals surface area contributed by atoms with Gasteiger partial charge in [-0.1, -0.05) is 110 Å². The van der Waals surface area contributed by atoms with Crippen molar-refractivity contribution in [2.45, 2.75) is 6.42 Å². The van der Waals surface area contributed by atoms with Crippen LogP contribution in [0.2, 0.25) is 0 Å². The lowest BCUT2D eigenvalue weighted by Crippen LogP contribution is -1.98. The molecule has 0 N–H and O–H groups in total. The fourth-order valence-corrected chi connectivity index (χ4v) is 5.67. The van der Waals surface area contributed by atoms with Crippen LogP contribution in [-0.2, 0) is 0 Å². The van der Waals surface area contributed by atoms with Crippen molar-refractivity contribution in [1.29, 1.82) is 0 Å². The summed E-state index contributed by atoms with van der Waals surface area (Å²) in [4.78, 5) is 14.5. The van der Waals surface area contributed by atoms with E-state index in [0.29, 0.717) is 5.82 Å². The first kappa shape index (κ1) is 25.4. The Morgan fingerprint density at radius 1 is 0.762 bits per heavy atom. The van der Waals surface area contributed by atoms with E-state index in [1.54, 1.807) is 6.08 Å². The minimum atomic E-state index is 0.705. The number of hydrogen-bond acceptors (Lipinski definition) is 3. The van der Waals surface area contributed by atoms with Gasteiger partial charge in [0.15, 0.2) is 5.82 Å². The highest BCUT2D eigenvalue weighted by Crippen LogP contribution is 2.37. The standard InChI is InChI=1S/C38H28N4/c1-3-10-26(4-2)27-15-17-28(18-16-27)34-24-35(41-38(40-34)29-11-6-5-7-12-29)30-19-20-31(23-30)42-36-14-9-8-13-32(36)33-25-39-22-21-37(33)42/h3-19,21-25H,1-2,20H2/b26-10+. The van der Waals surface area contributed by atoms with Gasteiger partial charge in [0.25, 0.3) is 0 Å². The molecule has 200 valence electrons. The van der Waals surface area contributed by atoms with Crippen molar-refractivity contribution in [2.75, 3.05) is 0 Å². The van der Waals surface area contributed by atoms with Crippen LogP contribution < -0.4 is 0 Å². The average molecular weight is 541 g/mol. The molecule has 0 unspecified atom stereocenters. The number of benzene rings is 3. The largest absolute Gasteiger partial charge is 0.313 e. The minimum absolute atomic E-state index is 0.705. The number of nitrogens with zero attached hydrogens (tertiary/aromatic N) is 4. The second kappa shape index (κ2) is 10.8. The predicted octanol–water partition coefficient (Wildman–Crippen LogP) is 9.40. The minimum Gasteiger partial charge on any atom is -0.313 e. The lowest BCUT2D eigenvalue weighted by atomic mass is 10.0. The van der Waals surface area contributed by atoms with Gasteiger partial charge in [0.2, 0.25) is 0 Å². The monoisotopic (exact) mass is 540 g/mol. The lowest BCUT2D eigenvalue weighted by Gasteiger charge is -2.10. The second-order valence-electron chi connectivity index (χ2n) is 10.2. The Kier molecular flexibility index (Phi) is 6.49. The van der Waals surface area contributed by atoms with E-state index in [1.165, 1.54) is 16.6 Å². The van der Waals surface area contributed by atoms with E-state index in [9.17, 15) is 0 Å². The van der Waals surface area contributed by atoms with E-state index in [4.69, 9.17) is 9.97 Å². The summed E-state index contributed by atoms with van der Waals surface area (Å²) in [7, 11) is 0. The van der Waals surface area contributed by atoms with Gasteiger partial charge in [-0.2, -0.15) is 0 Å². The second-order valence-corrected chi connectivity index (χ2v) is 10.2. The van der Waals surface area contributed by atoms with Crippen molar-refractivity contribution >= 4 is 38.6 Å². The van der Waals surface area contributed by atoms with Crippen LogP contribution in [0.15, 0.2) is 147 Å². The third-order valence-electron chi connectivity index (χ3n) is 7.70. The van der Waals surface area contributed by atoms with Crippen molar-refractivity contribution in [3.63, 3.8) is 0 Å². The normalized spacial score (nSPS) is 13.3. The summed E-state index contributed by atoms with van der Waals surface area (Å²) < 4.78 is 2.35. The topological polar surface area (TPSA) is 43.6 Å². The molecule has 0 amide bonds. The number of fused-ring (bicyclic) bond motifs is 3. The van der Waals surface area contributed by atoms with E-state index >= 15 is 0 Å². The highest BCUT2D eigenvalue weighted by molar-refractivity contribution is 6.10. The van der Waals surface area contributed by atoms with E-state index in [1.807, 2.05) is 42.7 Å². The molecule has 0 aliphatic heterocycles. The summed E-state index contributed by atoms with van der Waals surface area (Å²) in [5.41, 5.74) is 10.5. The summed E-state index contributed by atoms with van der Waals surface area (Å²) in [5.74, 6) is 0.705. The molecule has 0 spiro atoms. The molecular formula is C38H28N4. The molecule has 0 bridgehead atoms. The van der Waals surface area contributed by atoms with Gasteiger partial charge >= 0.3 is 0 Å². The van der Waals surface area contributed by atoms with E-state index < -0.39 is 0 Å². The highest BCUT2D eigenvalue weighted by atomic mass is 15.0. The zero-order chi connectivity index (χ0) is 28.5. The molecule has 6 aromatic rings. The van der Waals surface area contributed by atoms with Crippen molar-refractivity contribution in [3.05, 3.63) is 158 Å². The van der Waals surface area contributed by atoms with Gasteiger partial charge in [0.05, 0.1) is 22.4 Å². The first-order chi connectivity index (χ1) is 20.7. The van der Waals surface area contributed by atoms with Gasteiger partial charge in [0, 0.05) is 46.4 Å². The Bertz CT molecular complexity index is 2020. The summed E-state index contributed by atoms with van der Waals surface area (Å²) in [6, 6.07) is 31.3. The summed E-state index contributed by atoms with van der Waals surface area (Å²) >= 11 is 0. The number of aromatic nitrogens is 4. The maximum absolute atomic E-state index is 5.06. The van der Waals surface area contributed by atoms with Gasteiger partial charge in [-0.15, -0.1) is 0 Å². The first-order valence-corrected chi connectivity index (χ1v) is 14.0. The van der Waals surface area contributed by atoms with E-state index in [2.05, 4.69) is 108 Å². The number of hydrogen-bond donors (Lipinski definition) is 0. The maximum Gasteiger partial charge on any atom is 0.160 e. The number of pyridine rings is 1. The van der Waals surface area contributed by atoms with Crippen LogP contribution >= 0.6 is 0 Å². The molecular weight excluding hydrogens is 512 g/mol. The molecule has 3 aromatic heterocycles. The molecule has 1 aliphatic rings. The fourth-order valence-electron chi connectivity index (χ4n) is 5.67. The molecule has 4 nitrogen and oxygen atoms in total. The quantitative estimate of drug-likeness (QED) is 0.189. The Balaban J connectivity index is 1.33. The van der Waals surface area contributed by atoms with Crippen molar-refractivity contribution < 1.29 is 0 Å². The van der Waals surface area contributed by atoms with Gasteiger partial charge < -0.3 is 4.57 Å². The van der Waals surface area contributed by atoms with Crippen LogP contribution in [0.4, 0.5) is 0 Å². The molecule has 42 heavy (non-hydrogen) atoms. The average Bonchev–Trinajstić information content (AvgIpc) is 3.67. The SMILES string of the molecule is C=C/C=C(\C=C)c1ccc(-c2cc(C3=CCC(n4c5ccccc5c5cnccc54)=C3)nc(-c3ccccc3)n2)cc1. The Labute approximate surface area is 245 Å². The zero-order valence-corrected chi connectivity index (χ0v) is 23.1. The molecule has 0 saturated carbocycles. The van der Waals surface area contributed by atoms with Crippen molar-refractivity contribution in [2.24, 2.45) is 0 Å². The maximum atomic E-state index is 5.06. The first-order valence-electron chi connectivity index (χ1n) is 14.0. The lowest BCUT2D eigenvalue weighted by molar-refractivity contribution is 1.15. The molecule has 0 atom stereocenters. The van der Waals surface area contributed by atoms with Gasteiger partial charge in [-0.25, -0.2) is 9.97 Å². The highest BCUT2D eigenvalue weighted by Gasteiger charge is 2.19. The summed E-state index contributed by atoms with van der Waals surface area (Å²) in [5, 5.41) is 2.36. The molecule has 0 radical (unpaired) electrons. The summed E-state index contributed by atoms with van der Waals surface area (Å²) in [6.45, 7) is 7.76. The number of allylic oxidation sites excluding steroid dienone is 8. The van der Waals surface area contributed by atoms with Crippen LogP contribution in [0.25, 0.3) is 61.3 Å². The molecule has 4 heteroatoms. The molecule has 3 aromatic carbocycles. The molecule has 0 fully saturated rings. The third kappa shape index (κ3) is 4.49. The van der Waals surface area contributed by atoms with Crippen LogP contribution in [0.3, 0.4) is 0 Å². The van der Waals surface area contributed by atoms with Gasteiger partial charge in [-0.05, 0) is 41.0 Å². The van der Waals surface area contributed by atoms with Gasteiger partial charge in [0.1, 0.15) is 0 Å². The molecule has 1 aliphatic carbocycles. The van der Waals surface area contributed by atoms with Crippen LogP contribution in [-0.4, -0.2) is 19.5 Å². The molecule has 0 saturated heterocycles. The van der Waals surface area contributed by atoms with Crippen molar-refractivity contribution in [1.82, 2.24) is 19.5 Å². The van der Waals surface area contributed by atoms with Crippen LogP contribution in [0.5, 0.6) is 0 Å². The van der Waals surface area contributed by atoms with Crippen LogP contribution in [0, 0.1) is 0 Å². The van der Waals surface area contributed by atoms with Gasteiger partial charge in [-0.3, -0.25) is 4.98 Å². The van der Waals surface area contributed by atoms with E-state index in [0.717, 1.165) is 56.5 Å². The predicted molar refractivity (Wildman–Crippen MR) is 175 cm³/mol. The van der Waals surface area contributed by atoms with Crippen LogP contribution in [0.1, 0.15) is 17.7 Å². The number of rotatable bonds is 7. The Hall–Kier alpha value is -5.61. The van der Waals surface area contributed by atoms with E-state index in [-0.39, 0.29) is 0 Å². The number of para-hydroxylation sites is 1.